The molecule has 0 bridgehead atoms. The van der Waals surface area contributed by atoms with E-state index in [0.29, 0.717) is 5.56 Å². The van der Waals surface area contributed by atoms with Crippen LogP contribution in [0.5, 0.6) is 5.75 Å². The molecule has 2 aromatic rings. The third-order valence-corrected chi connectivity index (χ3v) is 2.94. The molecule has 2 aromatic carbocycles. The average molecular weight is 226 g/mol. The highest BCUT2D eigenvalue weighted by Crippen LogP contribution is 2.35. The summed E-state index contributed by atoms with van der Waals surface area (Å²) >= 11 is 0. The van der Waals surface area contributed by atoms with Crippen LogP contribution in [0.3, 0.4) is 0 Å². The van der Waals surface area contributed by atoms with Crippen molar-refractivity contribution in [3.63, 3.8) is 0 Å². The molecule has 1 aliphatic heterocycles. The minimum atomic E-state index is -0.294. The molecule has 1 aliphatic rings. The van der Waals surface area contributed by atoms with Gasteiger partial charge in [0.2, 0.25) is 0 Å². The van der Waals surface area contributed by atoms with Gasteiger partial charge < -0.3 is 9.84 Å². The van der Waals surface area contributed by atoms with E-state index >= 15 is 0 Å². The molecule has 0 atom stereocenters. The smallest absolute Gasteiger partial charge is 0.338 e. The highest BCUT2D eigenvalue weighted by Gasteiger charge is 2.24. The lowest BCUT2D eigenvalue weighted by atomic mass is 9.96. The molecule has 0 aliphatic carbocycles. The van der Waals surface area contributed by atoms with Gasteiger partial charge in [-0.25, -0.2) is 4.79 Å². The first-order chi connectivity index (χ1) is 8.27. The summed E-state index contributed by atoms with van der Waals surface area (Å²) in [5.74, 6) is -0.0856. The van der Waals surface area contributed by atoms with Crippen LogP contribution in [0.2, 0.25) is 0 Å². The van der Waals surface area contributed by atoms with Crippen molar-refractivity contribution in [3.8, 4) is 16.9 Å². The number of hydrogen-bond acceptors (Lipinski definition) is 3. The topological polar surface area (TPSA) is 46.5 Å². The molecule has 0 radical (unpaired) electrons. The number of phenolic OH excluding ortho intramolecular Hbond substituents is 1. The predicted octanol–water partition coefficient (Wildman–Crippen LogP) is 2.73. The molecule has 0 fully saturated rings. The van der Waals surface area contributed by atoms with Crippen LogP contribution in [-0.2, 0) is 11.3 Å². The van der Waals surface area contributed by atoms with Gasteiger partial charge in [0, 0.05) is 11.1 Å². The number of carbonyl (C=O) groups excluding carboxylic acids is 1. The number of hydrogen-bond donors (Lipinski definition) is 1. The van der Waals surface area contributed by atoms with E-state index in [4.69, 9.17) is 4.74 Å². The van der Waals surface area contributed by atoms with Gasteiger partial charge in [0.25, 0.3) is 0 Å². The van der Waals surface area contributed by atoms with Crippen LogP contribution in [0.15, 0.2) is 42.5 Å². The summed E-state index contributed by atoms with van der Waals surface area (Å²) in [5, 5.41) is 9.84. The zero-order valence-electron chi connectivity index (χ0n) is 9.01. The Morgan fingerprint density at radius 3 is 2.47 bits per heavy atom. The van der Waals surface area contributed by atoms with Crippen LogP contribution in [0.25, 0.3) is 11.1 Å². The third kappa shape index (κ3) is 1.47. The maximum atomic E-state index is 11.4. The molecule has 3 heteroatoms. The minimum absolute atomic E-state index is 0.209. The lowest BCUT2D eigenvalue weighted by Gasteiger charge is -2.07. The van der Waals surface area contributed by atoms with Crippen molar-refractivity contribution in [2.24, 2.45) is 0 Å². The number of aromatic hydroxyl groups is 1. The first-order valence-corrected chi connectivity index (χ1v) is 5.35. The summed E-state index contributed by atoms with van der Waals surface area (Å²) in [7, 11) is 0. The number of esters is 1. The molecule has 0 saturated carbocycles. The second-order valence-electron chi connectivity index (χ2n) is 3.92. The molecule has 0 amide bonds. The molecule has 84 valence electrons. The van der Waals surface area contributed by atoms with Crippen molar-refractivity contribution >= 4 is 5.97 Å². The van der Waals surface area contributed by atoms with E-state index < -0.39 is 0 Å². The Labute approximate surface area is 98.3 Å². The summed E-state index contributed by atoms with van der Waals surface area (Å²) in [6, 6.07) is 12.5. The molecule has 3 nitrogen and oxygen atoms in total. The average Bonchev–Trinajstić information content (AvgIpc) is 2.72. The number of fused-ring (bicyclic) bond motifs is 1. The number of cyclic esters (lactones) is 1. The Kier molecular flexibility index (Phi) is 2.11. The predicted molar refractivity (Wildman–Crippen MR) is 62.7 cm³/mol. The Balaban J connectivity index is 2.24. The number of ether oxygens (including phenoxy) is 1. The monoisotopic (exact) mass is 226 g/mol. The number of benzene rings is 2. The summed E-state index contributed by atoms with van der Waals surface area (Å²) < 4.78 is 5.00. The summed E-state index contributed by atoms with van der Waals surface area (Å²) in [5.41, 5.74) is 3.01. The maximum Gasteiger partial charge on any atom is 0.338 e. The number of carbonyl (C=O) groups is 1. The van der Waals surface area contributed by atoms with Gasteiger partial charge in [0.05, 0.1) is 5.56 Å². The van der Waals surface area contributed by atoms with Crippen LogP contribution in [-0.4, -0.2) is 11.1 Å². The lowest BCUT2D eigenvalue weighted by Crippen LogP contribution is -1.93. The zero-order chi connectivity index (χ0) is 11.8. The molecule has 0 aromatic heterocycles. The number of rotatable bonds is 1. The summed E-state index contributed by atoms with van der Waals surface area (Å²) in [6.07, 6.45) is 0. The fraction of sp³-hybridized carbons (Fsp3) is 0.0714. The minimum Gasteiger partial charge on any atom is -0.507 e. The largest absolute Gasteiger partial charge is 0.507 e. The van der Waals surface area contributed by atoms with Crippen LogP contribution < -0.4 is 0 Å². The van der Waals surface area contributed by atoms with E-state index in [2.05, 4.69) is 0 Å². The van der Waals surface area contributed by atoms with Gasteiger partial charge in [-0.3, -0.25) is 0 Å². The second kappa shape index (κ2) is 3.63. The fourth-order valence-electron chi connectivity index (χ4n) is 2.10. The van der Waals surface area contributed by atoms with Crippen LogP contribution >= 0.6 is 0 Å². The van der Waals surface area contributed by atoms with E-state index in [0.717, 1.165) is 16.7 Å². The van der Waals surface area contributed by atoms with Crippen molar-refractivity contribution in [1.29, 1.82) is 0 Å². The molecule has 0 unspecified atom stereocenters. The van der Waals surface area contributed by atoms with Crippen molar-refractivity contribution in [2.75, 3.05) is 0 Å². The normalized spacial score (nSPS) is 13.3. The van der Waals surface area contributed by atoms with Gasteiger partial charge in [0.15, 0.2) is 0 Å². The molecule has 0 saturated heterocycles. The molecule has 17 heavy (non-hydrogen) atoms. The second-order valence-corrected chi connectivity index (χ2v) is 3.92. The van der Waals surface area contributed by atoms with Gasteiger partial charge in [-0.2, -0.15) is 0 Å². The van der Waals surface area contributed by atoms with E-state index in [-0.39, 0.29) is 18.3 Å². The third-order valence-electron chi connectivity index (χ3n) is 2.94. The van der Waals surface area contributed by atoms with Gasteiger partial charge in [-0.05, 0) is 17.7 Å². The van der Waals surface area contributed by atoms with Crippen LogP contribution in [0.4, 0.5) is 0 Å². The van der Waals surface area contributed by atoms with Crippen molar-refractivity contribution in [3.05, 3.63) is 53.6 Å². The van der Waals surface area contributed by atoms with Gasteiger partial charge in [-0.15, -0.1) is 0 Å². The lowest BCUT2D eigenvalue weighted by molar-refractivity contribution is 0.0535. The fourth-order valence-corrected chi connectivity index (χ4v) is 2.10. The molecular weight excluding hydrogens is 216 g/mol. The van der Waals surface area contributed by atoms with Crippen LogP contribution in [0, 0.1) is 0 Å². The molecule has 1 N–H and O–H groups in total. The quantitative estimate of drug-likeness (QED) is 0.760. The number of para-hydroxylation sites is 1. The SMILES string of the molecule is O=C1OCc2c1cccc2-c1ccccc1O. The Morgan fingerprint density at radius 1 is 0.941 bits per heavy atom. The molecule has 0 spiro atoms. The van der Waals surface area contributed by atoms with Crippen molar-refractivity contribution in [2.45, 2.75) is 6.61 Å². The van der Waals surface area contributed by atoms with E-state index in [9.17, 15) is 9.90 Å². The Bertz CT molecular complexity index is 602. The van der Waals surface area contributed by atoms with Gasteiger partial charge in [-0.1, -0.05) is 30.3 Å². The Hall–Kier alpha value is -2.29. The molecule has 3 rings (SSSR count). The zero-order valence-corrected chi connectivity index (χ0v) is 9.01. The highest BCUT2D eigenvalue weighted by molar-refractivity contribution is 5.96. The van der Waals surface area contributed by atoms with Crippen molar-refractivity contribution < 1.29 is 14.6 Å². The number of phenols is 1. The first kappa shape index (κ1) is 9.90. The maximum absolute atomic E-state index is 11.4. The molecule has 1 heterocycles. The highest BCUT2D eigenvalue weighted by atomic mass is 16.5. The summed E-state index contributed by atoms with van der Waals surface area (Å²) in [6.45, 7) is 0.276. The van der Waals surface area contributed by atoms with Crippen LogP contribution in [0.1, 0.15) is 15.9 Å². The molecular formula is C14H10O3. The van der Waals surface area contributed by atoms with E-state index in [1.165, 1.54) is 0 Å². The summed E-state index contributed by atoms with van der Waals surface area (Å²) in [4.78, 5) is 11.4. The van der Waals surface area contributed by atoms with Gasteiger partial charge in [0.1, 0.15) is 12.4 Å². The van der Waals surface area contributed by atoms with Gasteiger partial charge >= 0.3 is 5.97 Å². The Morgan fingerprint density at radius 2 is 1.65 bits per heavy atom. The first-order valence-electron chi connectivity index (χ1n) is 5.35. The van der Waals surface area contributed by atoms with E-state index in [1.807, 2.05) is 18.2 Å². The van der Waals surface area contributed by atoms with E-state index in [1.54, 1.807) is 24.3 Å². The standard InChI is InChI=1S/C14H10O3/c15-13-7-2-1-4-10(13)9-5-3-6-11-12(9)8-17-14(11)16/h1-7,15H,8H2. The van der Waals surface area contributed by atoms with Crippen molar-refractivity contribution in [1.82, 2.24) is 0 Å².